The number of aromatic nitrogens is 1. The molecule has 2 rings (SSSR count). The second-order valence-electron chi connectivity index (χ2n) is 3.52. The Labute approximate surface area is 98.9 Å². The number of aliphatic hydroxyl groups excluding tert-OH is 1. The average molecular weight is 228 g/mol. The summed E-state index contributed by atoms with van der Waals surface area (Å²) in [4.78, 5) is 15.7. The molecule has 1 heterocycles. The minimum Gasteiger partial charge on any atom is -0.392 e. The predicted octanol–water partition coefficient (Wildman–Crippen LogP) is 1.83. The predicted molar refractivity (Wildman–Crippen MR) is 64.6 cm³/mol. The van der Waals surface area contributed by atoms with Crippen molar-refractivity contribution in [2.24, 2.45) is 0 Å². The summed E-state index contributed by atoms with van der Waals surface area (Å²) in [7, 11) is 0. The van der Waals surface area contributed by atoms with Crippen LogP contribution in [0.3, 0.4) is 0 Å². The lowest BCUT2D eigenvalue weighted by atomic mass is 10.2. The van der Waals surface area contributed by atoms with Gasteiger partial charge in [-0.3, -0.25) is 9.78 Å². The van der Waals surface area contributed by atoms with Gasteiger partial charge in [-0.2, -0.15) is 0 Å². The van der Waals surface area contributed by atoms with E-state index < -0.39 is 0 Å². The molecule has 86 valence electrons. The molecule has 4 nitrogen and oxygen atoms in total. The van der Waals surface area contributed by atoms with Crippen LogP contribution < -0.4 is 5.32 Å². The van der Waals surface area contributed by atoms with Crippen molar-refractivity contribution in [3.05, 3.63) is 59.9 Å². The molecule has 1 aromatic heterocycles. The maximum absolute atomic E-state index is 11.7. The van der Waals surface area contributed by atoms with Crippen LogP contribution in [0, 0.1) is 0 Å². The van der Waals surface area contributed by atoms with Gasteiger partial charge in [0.25, 0.3) is 5.91 Å². The zero-order valence-corrected chi connectivity index (χ0v) is 9.13. The van der Waals surface area contributed by atoms with E-state index in [0.29, 0.717) is 11.4 Å². The highest BCUT2D eigenvalue weighted by atomic mass is 16.3. The van der Waals surface area contributed by atoms with Gasteiger partial charge in [0.1, 0.15) is 5.69 Å². The number of benzene rings is 1. The molecule has 2 N–H and O–H groups in total. The summed E-state index contributed by atoms with van der Waals surface area (Å²) in [5, 5.41) is 11.6. The first-order valence-electron chi connectivity index (χ1n) is 5.22. The molecule has 0 radical (unpaired) electrons. The zero-order chi connectivity index (χ0) is 12.1. The van der Waals surface area contributed by atoms with Gasteiger partial charge < -0.3 is 10.4 Å². The Morgan fingerprint density at radius 3 is 2.53 bits per heavy atom. The quantitative estimate of drug-likeness (QED) is 0.842. The van der Waals surface area contributed by atoms with E-state index in [2.05, 4.69) is 10.3 Å². The lowest BCUT2D eigenvalue weighted by Gasteiger charge is -2.05. The van der Waals surface area contributed by atoms with Crippen molar-refractivity contribution >= 4 is 11.6 Å². The van der Waals surface area contributed by atoms with Crippen LogP contribution in [0.5, 0.6) is 0 Å². The zero-order valence-electron chi connectivity index (χ0n) is 9.13. The second-order valence-corrected chi connectivity index (χ2v) is 3.52. The molecule has 0 aliphatic heterocycles. The number of aliphatic hydroxyl groups is 1. The van der Waals surface area contributed by atoms with Gasteiger partial charge in [-0.05, 0) is 29.8 Å². The van der Waals surface area contributed by atoms with Gasteiger partial charge in [0, 0.05) is 11.9 Å². The largest absolute Gasteiger partial charge is 0.392 e. The number of amides is 1. The third-order valence-electron chi connectivity index (χ3n) is 2.29. The van der Waals surface area contributed by atoms with Crippen molar-refractivity contribution in [1.82, 2.24) is 4.98 Å². The molecule has 0 atom stereocenters. The van der Waals surface area contributed by atoms with Crippen molar-refractivity contribution in [3.63, 3.8) is 0 Å². The highest BCUT2D eigenvalue weighted by Gasteiger charge is 2.05. The second kappa shape index (κ2) is 5.23. The van der Waals surface area contributed by atoms with Gasteiger partial charge in [-0.25, -0.2) is 0 Å². The Bertz CT molecular complexity index is 495. The average Bonchev–Trinajstić information content (AvgIpc) is 2.40. The van der Waals surface area contributed by atoms with Gasteiger partial charge in [-0.15, -0.1) is 0 Å². The molecule has 0 aliphatic carbocycles. The Kier molecular flexibility index (Phi) is 3.47. The van der Waals surface area contributed by atoms with Gasteiger partial charge in [0.15, 0.2) is 0 Å². The number of nitrogens with one attached hydrogen (secondary N) is 1. The fraction of sp³-hybridized carbons (Fsp3) is 0.0769. The van der Waals surface area contributed by atoms with Crippen LogP contribution in [0.2, 0.25) is 0 Å². The highest BCUT2D eigenvalue weighted by molar-refractivity contribution is 6.02. The van der Waals surface area contributed by atoms with Crippen molar-refractivity contribution in [2.45, 2.75) is 6.61 Å². The molecule has 0 aliphatic rings. The van der Waals surface area contributed by atoms with Gasteiger partial charge >= 0.3 is 0 Å². The van der Waals surface area contributed by atoms with Crippen LogP contribution in [0.25, 0.3) is 0 Å². The first-order chi connectivity index (χ1) is 8.29. The summed E-state index contributed by atoms with van der Waals surface area (Å²) < 4.78 is 0. The van der Waals surface area contributed by atoms with E-state index in [1.54, 1.807) is 48.7 Å². The van der Waals surface area contributed by atoms with Gasteiger partial charge in [0.2, 0.25) is 0 Å². The maximum atomic E-state index is 11.7. The Balaban J connectivity index is 2.08. The molecular weight excluding hydrogens is 216 g/mol. The standard InChI is InChI=1S/C13H12N2O2/c16-9-10-4-6-11(7-5-10)15-13(17)12-3-1-2-8-14-12/h1-8,16H,9H2,(H,15,17). The molecular formula is C13H12N2O2. The van der Waals surface area contributed by atoms with E-state index in [4.69, 9.17) is 5.11 Å². The van der Waals surface area contributed by atoms with E-state index in [9.17, 15) is 4.79 Å². The van der Waals surface area contributed by atoms with E-state index >= 15 is 0 Å². The number of pyridine rings is 1. The molecule has 0 spiro atoms. The number of hydrogen-bond acceptors (Lipinski definition) is 3. The van der Waals surface area contributed by atoms with E-state index in [1.807, 2.05) is 0 Å². The van der Waals surface area contributed by atoms with Crippen LogP contribution in [0.1, 0.15) is 16.1 Å². The molecule has 17 heavy (non-hydrogen) atoms. The summed E-state index contributed by atoms with van der Waals surface area (Å²) in [6.07, 6.45) is 1.57. The van der Waals surface area contributed by atoms with Crippen LogP contribution in [-0.2, 0) is 6.61 Å². The number of anilines is 1. The molecule has 0 fully saturated rings. The van der Waals surface area contributed by atoms with Crippen LogP contribution >= 0.6 is 0 Å². The minimum atomic E-state index is -0.248. The fourth-order valence-corrected chi connectivity index (χ4v) is 1.39. The Hall–Kier alpha value is -2.20. The number of rotatable bonds is 3. The number of nitrogens with zero attached hydrogens (tertiary/aromatic N) is 1. The number of hydrogen-bond donors (Lipinski definition) is 2. The van der Waals surface area contributed by atoms with Gasteiger partial charge in [-0.1, -0.05) is 18.2 Å². The lowest BCUT2D eigenvalue weighted by Crippen LogP contribution is -2.13. The topological polar surface area (TPSA) is 62.2 Å². The van der Waals surface area contributed by atoms with Crippen molar-refractivity contribution < 1.29 is 9.90 Å². The van der Waals surface area contributed by atoms with Crippen LogP contribution in [0.15, 0.2) is 48.7 Å². The molecule has 0 bridgehead atoms. The lowest BCUT2D eigenvalue weighted by molar-refractivity contribution is 0.102. The number of carbonyl (C=O) groups is 1. The minimum absolute atomic E-state index is 0.00549. The molecule has 2 aromatic rings. The van der Waals surface area contributed by atoms with Crippen molar-refractivity contribution in [1.29, 1.82) is 0 Å². The van der Waals surface area contributed by atoms with Crippen LogP contribution in [0.4, 0.5) is 5.69 Å². The normalized spacial score (nSPS) is 9.94. The smallest absolute Gasteiger partial charge is 0.274 e. The summed E-state index contributed by atoms with van der Waals surface area (Å²) in [6.45, 7) is -0.00549. The summed E-state index contributed by atoms with van der Waals surface area (Å²) >= 11 is 0. The fourth-order valence-electron chi connectivity index (χ4n) is 1.39. The van der Waals surface area contributed by atoms with E-state index in [0.717, 1.165) is 5.56 Å². The molecule has 4 heteroatoms. The van der Waals surface area contributed by atoms with Crippen LogP contribution in [-0.4, -0.2) is 16.0 Å². The first-order valence-corrected chi connectivity index (χ1v) is 5.22. The Morgan fingerprint density at radius 1 is 1.18 bits per heavy atom. The van der Waals surface area contributed by atoms with E-state index in [1.165, 1.54) is 0 Å². The molecule has 1 amide bonds. The third kappa shape index (κ3) is 2.89. The third-order valence-corrected chi connectivity index (χ3v) is 2.29. The SMILES string of the molecule is O=C(Nc1ccc(CO)cc1)c1ccccn1. The van der Waals surface area contributed by atoms with Crippen molar-refractivity contribution in [3.8, 4) is 0 Å². The highest BCUT2D eigenvalue weighted by Crippen LogP contribution is 2.10. The maximum Gasteiger partial charge on any atom is 0.274 e. The molecule has 0 saturated heterocycles. The first kappa shape index (κ1) is 11.3. The summed E-state index contributed by atoms with van der Waals surface area (Å²) in [6, 6.07) is 12.2. The molecule has 1 aromatic carbocycles. The molecule has 0 unspecified atom stereocenters. The van der Waals surface area contributed by atoms with Gasteiger partial charge in [0.05, 0.1) is 6.61 Å². The molecule has 0 saturated carbocycles. The van der Waals surface area contributed by atoms with E-state index in [-0.39, 0.29) is 12.5 Å². The monoisotopic (exact) mass is 228 g/mol. The Morgan fingerprint density at radius 2 is 1.94 bits per heavy atom. The summed E-state index contributed by atoms with van der Waals surface area (Å²) in [5.74, 6) is -0.248. The van der Waals surface area contributed by atoms with Crippen molar-refractivity contribution in [2.75, 3.05) is 5.32 Å². The summed E-state index contributed by atoms with van der Waals surface area (Å²) in [5.41, 5.74) is 1.86. The number of carbonyl (C=O) groups excluding carboxylic acids is 1.